The summed E-state index contributed by atoms with van der Waals surface area (Å²) in [5, 5.41) is 0. The minimum absolute atomic E-state index is 0.0549. The van der Waals surface area contributed by atoms with E-state index in [1.165, 1.54) is 78.9 Å². The predicted molar refractivity (Wildman–Crippen MR) is 148 cm³/mol. The molecule has 14 heteroatoms. The van der Waals surface area contributed by atoms with Crippen molar-refractivity contribution in [1.29, 1.82) is 0 Å². The van der Waals surface area contributed by atoms with E-state index in [9.17, 15) is 24.0 Å². The lowest BCUT2D eigenvalue weighted by Gasteiger charge is -2.38. The van der Waals surface area contributed by atoms with Crippen molar-refractivity contribution < 1.29 is 46.5 Å². The number of carbonyl (C=O) groups is 3. The zero-order chi connectivity index (χ0) is 32.2. The third kappa shape index (κ3) is 6.26. The second kappa shape index (κ2) is 12.6. The van der Waals surface area contributed by atoms with Crippen molar-refractivity contribution in [2.45, 2.75) is 30.2 Å². The summed E-state index contributed by atoms with van der Waals surface area (Å²) >= 11 is 0. The van der Waals surface area contributed by atoms with Crippen LogP contribution in [0.3, 0.4) is 0 Å². The normalized spacial score (nSPS) is 21.1. The maximum absolute atomic E-state index is 15.5. The topological polar surface area (TPSA) is 143 Å². The summed E-state index contributed by atoms with van der Waals surface area (Å²) in [7, 11) is 0. The number of benzene rings is 3. The Kier molecular flexibility index (Phi) is 8.68. The zero-order valence-electron chi connectivity index (χ0n) is 23.0. The minimum atomic E-state index is -5.60. The van der Waals surface area contributed by atoms with Crippen LogP contribution < -0.4 is 11.2 Å². The van der Waals surface area contributed by atoms with Crippen LogP contribution >= 0.6 is 0 Å². The number of nitrogens with one attached hydrogen (secondary N) is 1. The van der Waals surface area contributed by atoms with Gasteiger partial charge in [-0.1, -0.05) is 54.6 Å². The minimum Gasteiger partial charge on any atom is -0.459 e. The van der Waals surface area contributed by atoms with Crippen LogP contribution in [-0.2, 0) is 18.9 Å². The van der Waals surface area contributed by atoms with Gasteiger partial charge in [-0.25, -0.2) is 19.2 Å². The van der Waals surface area contributed by atoms with Gasteiger partial charge in [0.2, 0.25) is 0 Å². The molecule has 232 valence electrons. The van der Waals surface area contributed by atoms with E-state index in [2.05, 4.69) is 0 Å². The molecule has 0 spiro atoms. The van der Waals surface area contributed by atoms with Crippen LogP contribution in [0.5, 0.6) is 0 Å². The summed E-state index contributed by atoms with van der Waals surface area (Å²) < 4.78 is 68.5. The largest absolute Gasteiger partial charge is 0.459 e. The van der Waals surface area contributed by atoms with E-state index in [-0.39, 0.29) is 16.7 Å². The first-order chi connectivity index (χ1) is 21.5. The maximum atomic E-state index is 15.5. The summed E-state index contributed by atoms with van der Waals surface area (Å²) in [5.41, 5.74) is -6.61. The van der Waals surface area contributed by atoms with E-state index in [0.717, 1.165) is 6.07 Å². The number of hydrogen-bond acceptors (Lipinski definition) is 9. The summed E-state index contributed by atoms with van der Waals surface area (Å²) in [6.07, 6.45) is -11.9. The number of aromatic amines is 1. The Balaban J connectivity index is 1.65. The molecule has 1 aliphatic heterocycles. The quantitative estimate of drug-likeness (QED) is 0.229. The number of nitrogens with zero attached hydrogens (tertiary/aromatic N) is 1. The molecule has 4 aromatic rings. The average Bonchev–Trinajstić information content (AvgIpc) is 3.34. The van der Waals surface area contributed by atoms with Crippen LogP contribution in [0.1, 0.15) is 37.3 Å². The molecule has 0 aliphatic carbocycles. The molecule has 0 unspecified atom stereocenters. The lowest BCUT2D eigenvalue weighted by atomic mass is 9.91. The third-order valence-corrected chi connectivity index (χ3v) is 6.88. The van der Waals surface area contributed by atoms with E-state index in [1.807, 2.05) is 4.98 Å². The molecule has 11 nitrogen and oxygen atoms in total. The number of alkyl halides is 3. The molecular formula is C31H23F3N2O9. The average molecular weight is 625 g/mol. The van der Waals surface area contributed by atoms with Crippen LogP contribution in [0.4, 0.5) is 13.2 Å². The van der Waals surface area contributed by atoms with Gasteiger partial charge in [-0.3, -0.25) is 14.3 Å². The van der Waals surface area contributed by atoms with Crippen molar-refractivity contribution >= 4 is 17.9 Å². The van der Waals surface area contributed by atoms with Crippen molar-refractivity contribution in [2.75, 3.05) is 6.61 Å². The van der Waals surface area contributed by atoms with Crippen molar-refractivity contribution in [1.82, 2.24) is 9.55 Å². The smallest absolute Gasteiger partial charge is 0.436 e. The van der Waals surface area contributed by atoms with Crippen LogP contribution in [-0.4, -0.2) is 58.1 Å². The van der Waals surface area contributed by atoms with Crippen LogP contribution in [0, 0.1) is 0 Å². The fraction of sp³-hybridized carbons (Fsp3) is 0.194. The number of H-pyrrole nitrogens is 1. The van der Waals surface area contributed by atoms with Crippen molar-refractivity contribution in [3.05, 3.63) is 141 Å². The SMILES string of the molecule is O=C(OC[C@H]1O[C@@H](n2ccc(=O)[nH]c2=O)[C@@](OC(=O)c2ccccc2)(C(F)(F)F)[C@@H]1OC(=O)c1ccccc1)c1ccccc1. The molecule has 1 saturated heterocycles. The van der Waals surface area contributed by atoms with Crippen LogP contribution in [0.15, 0.2) is 113 Å². The summed E-state index contributed by atoms with van der Waals surface area (Å²) in [6, 6.07) is 21.9. The van der Waals surface area contributed by atoms with E-state index in [1.54, 1.807) is 12.1 Å². The van der Waals surface area contributed by atoms with Gasteiger partial charge in [-0.2, -0.15) is 13.2 Å². The van der Waals surface area contributed by atoms with Gasteiger partial charge in [0.15, 0.2) is 12.3 Å². The molecule has 0 amide bonds. The van der Waals surface area contributed by atoms with Gasteiger partial charge in [0.25, 0.3) is 11.2 Å². The molecular weight excluding hydrogens is 601 g/mol. The van der Waals surface area contributed by atoms with Gasteiger partial charge < -0.3 is 18.9 Å². The van der Waals surface area contributed by atoms with E-state index in [0.29, 0.717) is 10.8 Å². The molecule has 0 saturated carbocycles. The third-order valence-electron chi connectivity index (χ3n) is 6.88. The highest BCUT2D eigenvalue weighted by Crippen LogP contribution is 2.52. The van der Waals surface area contributed by atoms with Gasteiger partial charge >= 0.3 is 29.8 Å². The number of halogens is 3. The van der Waals surface area contributed by atoms with Crippen molar-refractivity contribution in [3.63, 3.8) is 0 Å². The van der Waals surface area contributed by atoms with Gasteiger partial charge in [0, 0.05) is 12.3 Å². The Morgan fingerprint density at radius 3 is 1.80 bits per heavy atom. The number of aromatic nitrogens is 2. The first kappa shape index (κ1) is 30.9. The van der Waals surface area contributed by atoms with Crippen LogP contribution in [0.25, 0.3) is 0 Å². The molecule has 1 aliphatic rings. The summed E-state index contributed by atoms with van der Waals surface area (Å²) in [6.45, 7) is -0.935. The van der Waals surface area contributed by atoms with Gasteiger partial charge in [-0.05, 0) is 36.4 Å². The molecule has 3 aromatic carbocycles. The fourth-order valence-electron chi connectivity index (χ4n) is 4.76. The lowest BCUT2D eigenvalue weighted by molar-refractivity contribution is -0.302. The van der Waals surface area contributed by atoms with E-state index < -0.39 is 66.0 Å². The predicted octanol–water partition coefficient (Wildman–Crippen LogP) is 3.67. The number of rotatable bonds is 8. The molecule has 0 bridgehead atoms. The first-order valence-electron chi connectivity index (χ1n) is 13.3. The van der Waals surface area contributed by atoms with Crippen molar-refractivity contribution in [2.24, 2.45) is 0 Å². The van der Waals surface area contributed by atoms with E-state index >= 15 is 13.2 Å². The Morgan fingerprint density at radius 1 is 0.778 bits per heavy atom. The molecule has 5 rings (SSSR count). The number of hydrogen-bond donors (Lipinski definition) is 1. The highest BCUT2D eigenvalue weighted by atomic mass is 19.4. The second-order valence-corrected chi connectivity index (χ2v) is 9.75. The first-order valence-corrected chi connectivity index (χ1v) is 13.3. The fourth-order valence-corrected chi connectivity index (χ4v) is 4.76. The van der Waals surface area contributed by atoms with Gasteiger partial charge in [-0.15, -0.1) is 0 Å². The second-order valence-electron chi connectivity index (χ2n) is 9.75. The molecule has 1 fully saturated rings. The van der Waals surface area contributed by atoms with Gasteiger partial charge in [0.1, 0.15) is 12.7 Å². The standard InChI is InChI=1S/C31H23F3N2O9/c32-31(33,34)30(45-27(40)21-14-8-3-9-15-21)24(44-26(39)20-12-6-2-7-13-20)22(18-42-25(38)19-10-4-1-5-11-19)43-28(30)36-17-16-23(37)35-29(36)41/h1-17,22,24,28H,18H2,(H,35,37,41)/t22-,24-,28-,30-/m1/s1. The highest BCUT2D eigenvalue weighted by Gasteiger charge is 2.76. The maximum Gasteiger partial charge on any atom is 0.436 e. The molecule has 4 atom stereocenters. The Labute approximate surface area is 251 Å². The molecule has 2 heterocycles. The molecule has 45 heavy (non-hydrogen) atoms. The molecule has 1 N–H and O–H groups in total. The lowest BCUT2D eigenvalue weighted by Crippen LogP contribution is -2.62. The zero-order valence-corrected chi connectivity index (χ0v) is 23.0. The van der Waals surface area contributed by atoms with Crippen LogP contribution in [0.2, 0.25) is 0 Å². The molecule has 0 radical (unpaired) electrons. The Bertz CT molecular complexity index is 1790. The summed E-state index contributed by atoms with van der Waals surface area (Å²) in [5.74, 6) is -3.71. The Hall–Kier alpha value is -5.50. The number of carbonyl (C=O) groups excluding carboxylic acids is 3. The number of esters is 3. The highest BCUT2D eigenvalue weighted by molar-refractivity contribution is 5.91. The van der Waals surface area contributed by atoms with Gasteiger partial charge in [0.05, 0.1) is 16.7 Å². The summed E-state index contributed by atoms with van der Waals surface area (Å²) in [4.78, 5) is 65.7. The Morgan fingerprint density at radius 2 is 1.29 bits per heavy atom. The van der Waals surface area contributed by atoms with Crippen molar-refractivity contribution in [3.8, 4) is 0 Å². The number of ether oxygens (including phenoxy) is 4. The van der Waals surface area contributed by atoms with E-state index in [4.69, 9.17) is 18.9 Å². The molecule has 1 aromatic heterocycles. The monoisotopic (exact) mass is 624 g/mol.